The molecule has 0 saturated heterocycles. The van der Waals surface area contributed by atoms with E-state index in [1.54, 1.807) is 5.57 Å². The Morgan fingerprint density at radius 3 is 2.39 bits per heavy atom. The molecule has 1 aromatic carbocycles. The second kappa shape index (κ2) is 6.58. The zero-order valence-corrected chi connectivity index (χ0v) is 11.7. The topological polar surface area (TPSA) is 0 Å². The van der Waals surface area contributed by atoms with E-state index in [0.29, 0.717) is 0 Å². The lowest BCUT2D eigenvalue weighted by Gasteiger charge is -2.03. The molecular formula is C18H24. The molecule has 0 radical (unpaired) electrons. The maximum absolute atomic E-state index is 2.39. The van der Waals surface area contributed by atoms with E-state index in [9.17, 15) is 0 Å². The van der Waals surface area contributed by atoms with Crippen LogP contribution in [-0.4, -0.2) is 0 Å². The third-order valence-electron chi connectivity index (χ3n) is 3.62. The molecule has 2 rings (SSSR count). The normalized spacial score (nSPS) is 14.6. The van der Waals surface area contributed by atoms with Crippen LogP contribution in [0.25, 0.3) is 5.57 Å². The summed E-state index contributed by atoms with van der Waals surface area (Å²) < 4.78 is 0. The number of benzene rings is 1. The van der Waals surface area contributed by atoms with Crippen molar-refractivity contribution in [2.45, 2.75) is 52.4 Å². The highest BCUT2D eigenvalue weighted by atomic mass is 14.1. The van der Waals surface area contributed by atoms with Gasteiger partial charge in [-0.3, -0.25) is 0 Å². The Morgan fingerprint density at radius 2 is 1.72 bits per heavy atom. The van der Waals surface area contributed by atoms with Crippen molar-refractivity contribution in [3.63, 3.8) is 0 Å². The lowest BCUT2D eigenvalue weighted by Crippen LogP contribution is -1.84. The van der Waals surface area contributed by atoms with Gasteiger partial charge in [-0.2, -0.15) is 0 Å². The summed E-state index contributed by atoms with van der Waals surface area (Å²) in [5.41, 5.74) is 5.85. The summed E-state index contributed by atoms with van der Waals surface area (Å²) in [5, 5.41) is 0. The molecule has 96 valence electrons. The quantitative estimate of drug-likeness (QED) is 0.612. The minimum absolute atomic E-state index is 1.16. The molecule has 0 unspecified atom stereocenters. The van der Waals surface area contributed by atoms with E-state index >= 15 is 0 Å². The molecule has 0 nitrogen and oxygen atoms in total. The van der Waals surface area contributed by atoms with Gasteiger partial charge in [0.2, 0.25) is 0 Å². The van der Waals surface area contributed by atoms with E-state index in [1.165, 1.54) is 48.8 Å². The molecule has 0 aromatic heterocycles. The van der Waals surface area contributed by atoms with Gasteiger partial charge in [0.1, 0.15) is 0 Å². The molecule has 0 N–H and O–H groups in total. The van der Waals surface area contributed by atoms with Crippen LogP contribution in [0.15, 0.2) is 42.0 Å². The van der Waals surface area contributed by atoms with Gasteiger partial charge in [0.25, 0.3) is 0 Å². The molecular weight excluding hydrogens is 216 g/mol. The number of hydrogen-bond acceptors (Lipinski definition) is 0. The van der Waals surface area contributed by atoms with Gasteiger partial charge in [0.15, 0.2) is 0 Å². The van der Waals surface area contributed by atoms with Gasteiger partial charge < -0.3 is 0 Å². The Hall–Kier alpha value is -1.30. The molecule has 0 aliphatic heterocycles. The molecule has 1 aliphatic rings. The van der Waals surface area contributed by atoms with E-state index in [0.717, 1.165) is 6.42 Å². The van der Waals surface area contributed by atoms with Gasteiger partial charge in [0, 0.05) is 0 Å². The van der Waals surface area contributed by atoms with Crippen molar-refractivity contribution in [1.82, 2.24) is 0 Å². The number of allylic oxidation sites excluding steroid dienone is 4. The lowest BCUT2D eigenvalue weighted by molar-refractivity contribution is 0.779. The molecule has 0 saturated carbocycles. The van der Waals surface area contributed by atoms with Crippen LogP contribution in [0, 0.1) is 0 Å². The Kier molecular flexibility index (Phi) is 4.81. The molecule has 18 heavy (non-hydrogen) atoms. The van der Waals surface area contributed by atoms with Crippen LogP contribution < -0.4 is 0 Å². The van der Waals surface area contributed by atoms with E-state index in [-0.39, 0.29) is 0 Å². The maximum Gasteiger partial charge on any atom is -0.0126 e. The molecule has 1 aromatic rings. The lowest BCUT2D eigenvalue weighted by atomic mass is 10.0. The fourth-order valence-electron chi connectivity index (χ4n) is 2.51. The first-order valence-electron chi connectivity index (χ1n) is 7.32. The van der Waals surface area contributed by atoms with Crippen molar-refractivity contribution in [3.05, 3.63) is 53.1 Å². The van der Waals surface area contributed by atoms with Gasteiger partial charge >= 0.3 is 0 Å². The first kappa shape index (κ1) is 13.1. The van der Waals surface area contributed by atoms with Gasteiger partial charge in [0.05, 0.1) is 0 Å². The molecule has 0 bridgehead atoms. The summed E-state index contributed by atoms with van der Waals surface area (Å²) in [7, 11) is 0. The maximum atomic E-state index is 2.39. The second-order valence-electron chi connectivity index (χ2n) is 5.22. The van der Waals surface area contributed by atoms with Crippen LogP contribution in [0.5, 0.6) is 0 Å². The summed E-state index contributed by atoms with van der Waals surface area (Å²) in [5.74, 6) is 0. The highest BCUT2D eigenvalue weighted by molar-refractivity contribution is 5.77. The highest BCUT2D eigenvalue weighted by Gasteiger charge is 2.08. The van der Waals surface area contributed by atoms with E-state index in [4.69, 9.17) is 0 Å². The van der Waals surface area contributed by atoms with Crippen LogP contribution in [0.4, 0.5) is 0 Å². The fraction of sp³-hybridized carbons (Fsp3) is 0.444. The first-order valence-corrected chi connectivity index (χ1v) is 7.32. The van der Waals surface area contributed by atoms with Crippen LogP contribution >= 0.6 is 0 Å². The number of hydrogen-bond donors (Lipinski definition) is 0. The third-order valence-corrected chi connectivity index (χ3v) is 3.62. The largest absolute Gasteiger partial charge is 0.0726 e. The zero-order valence-electron chi connectivity index (χ0n) is 11.7. The van der Waals surface area contributed by atoms with Crippen LogP contribution in [0.2, 0.25) is 0 Å². The Labute approximate surface area is 111 Å². The van der Waals surface area contributed by atoms with Crippen LogP contribution in [0.3, 0.4) is 0 Å². The second-order valence-corrected chi connectivity index (χ2v) is 5.22. The van der Waals surface area contributed by atoms with Gasteiger partial charge in [-0.05, 0) is 42.4 Å². The molecule has 0 atom stereocenters. The average Bonchev–Trinajstić information content (AvgIpc) is 2.86. The molecule has 0 fully saturated rings. The SMILES string of the molecule is CCCCC1=CC(c2ccc(CCC)cc2)=CC1. The minimum Gasteiger partial charge on any atom is -0.0726 e. The predicted molar refractivity (Wildman–Crippen MR) is 80.6 cm³/mol. The average molecular weight is 240 g/mol. The monoisotopic (exact) mass is 240 g/mol. The summed E-state index contributed by atoms with van der Waals surface area (Å²) in [6.45, 7) is 4.49. The Morgan fingerprint density at radius 1 is 0.944 bits per heavy atom. The van der Waals surface area contributed by atoms with Crippen molar-refractivity contribution < 1.29 is 0 Å². The van der Waals surface area contributed by atoms with Crippen molar-refractivity contribution in [2.24, 2.45) is 0 Å². The predicted octanol–water partition coefficient (Wildman–Crippen LogP) is 5.54. The minimum atomic E-state index is 1.16. The molecule has 0 spiro atoms. The van der Waals surface area contributed by atoms with Crippen molar-refractivity contribution in [1.29, 1.82) is 0 Å². The van der Waals surface area contributed by atoms with Crippen molar-refractivity contribution >= 4 is 5.57 Å². The Balaban J connectivity index is 2.02. The van der Waals surface area contributed by atoms with Gasteiger partial charge in [-0.1, -0.05) is 68.7 Å². The third kappa shape index (κ3) is 3.35. The molecule has 0 heterocycles. The molecule has 0 amide bonds. The van der Waals surface area contributed by atoms with E-state index in [1.807, 2.05) is 0 Å². The van der Waals surface area contributed by atoms with Gasteiger partial charge in [-0.25, -0.2) is 0 Å². The number of aryl methyl sites for hydroxylation is 1. The first-order chi connectivity index (χ1) is 8.83. The summed E-state index contributed by atoms with van der Waals surface area (Å²) in [4.78, 5) is 0. The summed E-state index contributed by atoms with van der Waals surface area (Å²) in [6, 6.07) is 9.10. The smallest absolute Gasteiger partial charge is 0.0126 e. The molecule has 0 heteroatoms. The van der Waals surface area contributed by atoms with E-state index in [2.05, 4.69) is 50.3 Å². The van der Waals surface area contributed by atoms with Gasteiger partial charge in [-0.15, -0.1) is 0 Å². The fourth-order valence-corrected chi connectivity index (χ4v) is 2.51. The summed E-state index contributed by atoms with van der Waals surface area (Å²) >= 11 is 0. The summed E-state index contributed by atoms with van der Waals surface area (Å²) in [6.07, 6.45) is 12.2. The standard InChI is InChI=1S/C18H24/c1-3-5-7-16-10-13-18(14-16)17-11-8-15(6-4-2)9-12-17/h8-9,11-14H,3-7,10H2,1-2H3. The zero-order chi connectivity index (χ0) is 12.8. The highest BCUT2D eigenvalue weighted by Crippen LogP contribution is 2.29. The van der Waals surface area contributed by atoms with Crippen molar-refractivity contribution in [2.75, 3.05) is 0 Å². The van der Waals surface area contributed by atoms with Crippen LogP contribution in [0.1, 0.15) is 57.1 Å². The Bertz CT molecular complexity index is 432. The van der Waals surface area contributed by atoms with Crippen LogP contribution in [-0.2, 0) is 6.42 Å². The molecule has 1 aliphatic carbocycles. The van der Waals surface area contributed by atoms with E-state index < -0.39 is 0 Å². The number of rotatable bonds is 6. The van der Waals surface area contributed by atoms with Crippen molar-refractivity contribution in [3.8, 4) is 0 Å². The number of unbranched alkanes of at least 4 members (excludes halogenated alkanes) is 1.